The van der Waals surface area contributed by atoms with Crippen LogP contribution in [0.4, 0.5) is 0 Å². The predicted octanol–water partition coefficient (Wildman–Crippen LogP) is 2.49. The Labute approximate surface area is 114 Å². The first-order valence-electron chi connectivity index (χ1n) is 7.48. The van der Waals surface area contributed by atoms with E-state index in [1.54, 1.807) is 0 Å². The second-order valence-electron chi connectivity index (χ2n) is 5.89. The van der Waals surface area contributed by atoms with E-state index < -0.39 is 0 Å². The van der Waals surface area contributed by atoms with Gasteiger partial charge in [-0.25, -0.2) is 0 Å². The van der Waals surface area contributed by atoms with E-state index in [0.717, 1.165) is 32.4 Å². The minimum Gasteiger partial charge on any atom is -0.394 e. The van der Waals surface area contributed by atoms with Crippen LogP contribution < -0.4 is 5.32 Å². The van der Waals surface area contributed by atoms with Crippen molar-refractivity contribution in [2.24, 2.45) is 5.92 Å². The molecule has 0 radical (unpaired) electrons. The van der Waals surface area contributed by atoms with Crippen molar-refractivity contribution in [1.29, 1.82) is 0 Å². The van der Waals surface area contributed by atoms with Crippen LogP contribution >= 0.6 is 0 Å². The normalized spacial score (nSPS) is 17.2. The molecule has 0 rings (SSSR count). The van der Waals surface area contributed by atoms with Crippen LogP contribution in [0.5, 0.6) is 0 Å². The van der Waals surface area contributed by atoms with Gasteiger partial charge in [0.15, 0.2) is 0 Å². The fraction of sp³-hybridized carbons (Fsp3) is 1.00. The Balaban J connectivity index is 4.14. The molecule has 3 nitrogen and oxygen atoms in total. The zero-order valence-corrected chi connectivity index (χ0v) is 13.3. The fourth-order valence-corrected chi connectivity index (χ4v) is 2.39. The lowest BCUT2D eigenvalue weighted by molar-refractivity contribution is 0.135. The lowest BCUT2D eigenvalue weighted by Gasteiger charge is -2.34. The van der Waals surface area contributed by atoms with E-state index in [1.807, 2.05) is 0 Å². The van der Waals surface area contributed by atoms with Gasteiger partial charge in [0, 0.05) is 11.6 Å². The molecule has 2 atom stereocenters. The molecule has 0 spiro atoms. The number of nitrogens with zero attached hydrogens (tertiary/aromatic N) is 1. The second kappa shape index (κ2) is 8.89. The summed E-state index contributed by atoms with van der Waals surface area (Å²) in [7, 11) is 2.20. The fourth-order valence-electron chi connectivity index (χ4n) is 2.39. The Kier molecular flexibility index (Phi) is 8.83. The van der Waals surface area contributed by atoms with Crippen molar-refractivity contribution in [2.45, 2.75) is 65.5 Å². The van der Waals surface area contributed by atoms with Gasteiger partial charge in [0.25, 0.3) is 0 Å². The average molecular weight is 258 g/mol. The highest BCUT2D eigenvalue weighted by Crippen LogP contribution is 2.18. The number of likely N-dealkylation sites (N-methyl/N-ethyl adjacent to an activating group) is 1. The molecule has 0 aliphatic rings. The highest BCUT2D eigenvalue weighted by molar-refractivity contribution is 4.86. The van der Waals surface area contributed by atoms with Gasteiger partial charge in [-0.15, -0.1) is 0 Å². The summed E-state index contributed by atoms with van der Waals surface area (Å²) < 4.78 is 0. The van der Waals surface area contributed by atoms with Crippen molar-refractivity contribution in [3.8, 4) is 0 Å². The molecular weight excluding hydrogens is 224 g/mol. The summed E-state index contributed by atoms with van der Waals surface area (Å²) in [5.41, 5.74) is -0.0728. The van der Waals surface area contributed by atoms with Gasteiger partial charge in [0.1, 0.15) is 0 Å². The van der Waals surface area contributed by atoms with Crippen molar-refractivity contribution in [3.63, 3.8) is 0 Å². The number of aliphatic hydroxyl groups excluding tert-OH is 1. The van der Waals surface area contributed by atoms with Crippen LogP contribution in [0, 0.1) is 5.92 Å². The maximum atomic E-state index is 9.59. The molecule has 2 unspecified atom stereocenters. The molecule has 110 valence electrons. The van der Waals surface area contributed by atoms with Crippen LogP contribution in [0.1, 0.15) is 53.9 Å². The molecule has 0 amide bonds. The van der Waals surface area contributed by atoms with Gasteiger partial charge in [0.2, 0.25) is 0 Å². The lowest BCUT2D eigenvalue weighted by atomic mass is 9.91. The first-order valence-corrected chi connectivity index (χ1v) is 7.48. The summed E-state index contributed by atoms with van der Waals surface area (Å²) in [6.45, 7) is 13.3. The van der Waals surface area contributed by atoms with Gasteiger partial charge in [0.05, 0.1) is 6.61 Å². The van der Waals surface area contributed by atoms with E-state index in [1.165, 1.54) is 0 Å². The van der Waals surface area contributed by atoms with Crippen LogP contribution in [0.3, 0.4) is 0 Å². The maximum absolute atomic E-state index is 9.59. The Morgan fingerprint density at radius 3 is 2.22 bits per heavy atom. The summed E-state index contributed by atoms with van der Waals surface area (Å²) in [5.74, 6) is 0.692. The maximum Gasteiger partial charge on any atom is 0.0613 e. The molecule has 0 bridgehead atoms. The summed E-state index contributed by atoms with van der Waals surface area (Å²) in [5, 5.41) is 13.0. The second-order valence-corrected chi connectivity index (χ2v) is 5.89. The van der Waals surface area contributed by atoms with Gasteiger partial charge in [-0.2, -0.15) is 0 Å². The van der Waals surface area contributed by atoms with E-state index in [2.05, 4.69) is 51.9 Å². The van der Waals surface area contributed by atoms with E-state index in [4.69, 9.17) is 0 Å². The molecule has 0 saturated carbocycles. The Morgan fingerprint density at radius 1 is 1.22 bits per heavy atom. The van der Waals surface area contributed by atoms with Crippen LogP contribution in [-0.2, 0) is 0 Å². The third-order valence-electron chi connectivity index (χ3n) is 4.36. The van der Waals surface area contributed by atoms with Crippen LogP contribution in [-0.4, -0.2) is 48.3 Å². The number of hydrogen-bond donors (Lipinski definition) is 2. The Bertz CT molecular complexity index is 203. The van der Waals surface area contributed by atoms with E-state index in [9.17, 15) is 5.11 Å². The van der Waals surface area contributed by atoms with E-state index in [0.29, 0.717) is 12.0 Å². The van der Waals surface area contributed by atoms with Gasteiger partial charge >= 0.3 is 0 Å². The van der Waals surface area contributed by atoms with Crippen molar-refractivity contribution in [2.75, 3.05) is 26.7 Å². The summed E-state index contributed by atoms with van der Waals surface area (Å²) >= 11 is 0. The Morgan fingerprint density at radius 2 is 1.83 bits per heavy atom. The third kappa shape index (κ3) is 5.68. The molecule has 0 heterocycles. The Hall–Kier alpha value is -0.120. The van der Waals surface area contributed by atoms with Crippen LogP contribution in [0.2, 0.25) is 0 Å². The summed E-state index contributed by atoms with van der Waals surface area (Å²) in [4.78, 5) is 2.43. The number of hydrogen-bond acceptors (Lipinski definition) is 3. The molecule has 0 aromatic heterocycles. The highest BCUT2D eigenvalue weighted by atomic mass is 16.3. The number of rotatable bonds is 10. The van der Waals surface area contributed by atoms with Crippen LogP contribution in [0.15, 0.2) is 0 Å². The van der Waals surface area contributed by atoms with Gasteiger partial charge in [-0.1, -0.05) is 27.7 Å². The molecule has 18 heavy (non-hydrogen) atoms. The quantitative estimate of drug-likeness (QED) is 0.632. The standard InChI is InChI=1S/C15H34N2O/c1-7-15(12-18,16-8-2)10-9-11-17(6)14(5)13(3)4/h13-14,16,18H,7-12H2,1-6H3. The van der Waals surface area contributed by atoms with E-state index >= 15 is 0 Å². The predicted molar refractivity (Wildman–Crippen MR) is 79.9 cm³/mol. The lowest BCUT2D eigenvalue weighted by Crippen LogP contribution is -2.48. The first kappa shape index (κ1) is 17.9. The zero-order chi connectivity index (χ0) is 14.2. The number of aliphatic hydroxyl groups is 1. The molecular formula is C15H34N2O. The minimum atomic E-state index is -0.0728. The third-order valence-corrected chi connectivity index (χ3v) is 4.36. The average Bonchev–Trinajstić information content (AvgIpc) is 2.36. The summed E-state index contributed by atoms with van der Waals surface area (Å²) in [6.07, 6.45) is 3.17. The SMILES string of the molecule is CCNC(CC)(CO)CCCN(C)C(C)C(C)C. The summed E-state index contributed by atoms with van der Waals surface area (Å²) in [6, 6.07) is 0.620. The van der Waals surface area contributed by atoms with Crippen molar-refractivity contribution < 1.29 is 5.11 Å². The van der Waals surface area contributed by atoms with Crippen molar-refractivity contribution in [3.05, 3.63) is 0 Å². The highest BCUT2D eigenvalue weighted by Gasteiger charge is 2.25. The molecule has 0 fully saturated rings. The molecule has 3 heteroatoms. The van der Waals surface area contributed by atoms with E-state index in [-0.39, 0.29) is 12.1 Å². The van der Waals surface area contributed by atoms with Gasteiger partial charge in [-0.05, 0) is 52.2 Å². The molecule has 0 saturated heterocycles. The number of nitrogens with one attached hydrogen (secondary N) is 1. The topological polar surface area (TPSA) is 35.5 Å². The molecule has 0 aromatic carbocycles. The van der Waals surface area contributed by atoms with Crippen molar-refractivity contribution >= 4 is 0 Å². The monoisotopic (exact) mass is 258 g/mol. The smallest absolute Gasteiger partial charge is 0.0613 e. The molecule has 0 aliphatic heterocycles. The molecule has 0 aliphatic carbocycles. The zero-order valence-electron chi connectivity index (χ0n) is 13.3. The van der Waals surface area contributed by atoms with Gasteiger partial charge < -0.3 is 15.3 Å². The minimum absolute atomic E-state index is 0.0728. The van der Waals surface area contributed by atoms with Crippen LogP contribution in [0.25, 0.3) is 0 Å². The van der Waals surface area contributed by atoms with Crippen molar-refractivity contribution in [1.82, 2.24) is 10.2 Å². The molecule has 0 aromatic rings. The molecule has 2 N–H and O–H groups in total. The van der Waals surface area contributed by atoms with Gasteiger partial charge in [-0.3, -0.25) is 0 Å². The first-order chi connectivity index (χ1) is 8.42. The largest absolute Gasteiger partial charge is 0.394 e.